The molecule has 7 nitrogen and oxygen atoms in total. The molecule has 0 radical (unpaired) electrons. The second kappa shape index (κ2) is 8.39. The van der Waals surface area contributed by atoms with Crippen molar-refractivity contribution in [2.45, 2.75) is 18.6 Å². The lowest BCUT2D eigenvalue weighted by molar-refractivity contribution is -0.119. The number of nitrogens with zero attached hydrogens (tertiary/aromatic N) is 2. The van der Waals surface area contributed by atoms with Gasteiger partial charge in [-0.3, -0.25) is 9.59 Å². The Morgan fingerprint density at radius 2 is 2.04 bits per heavy atom. The number of thioether (sulfide) groups is 1. The van der Waals surface area contributed by atoms with Crippen molar-refractivity contribution in [2.75, 3.05) is 17.6 Å². The van der Waals surface area contributed by atoms with Crippen LogP contribution in [0.4, 0.5) is 14.5 Å². The fourth-order valence-corrected chi connectivity index (χ4v) is 2.27. The van der Waals surface area contributed by atoms with Gasteiger partial charge in [-0.15, -0.1) is 10.2 Å². The quantitative estimate of drug-likeness (QED) is 0.736. The van der Waals surface area contributed by atoms with Gasteiger partial charge < -0.3 is 15.1 Å². The smallest absolute Gasteiger partial charge is 0.277 e. The van der Waals surface area contributed by atoms with Crippen LogP contribution >= 0.6 is 11.8 Å². The third-order valence-electron chi connectivity index (χ3n) is 2.71. The van der Waals surface area contributed by atoms with Crippen LogP contribution < -0.4 is 10.6 Å². The summed E-state index contributed by atoms with van der Waals surface area (Å²) >= 11 is 1.07. The summed E-state index contributed by atoms with van der Waals surface area (Å²) in [4.78, 5) is 23.2. The molecule has 2 rings (SSSR count). The normalized spacial score (nSPS) is 10.5. The highest BCUT2D eigenvalue weighted by atomic mass is 32.2. The predicted octanol–water partition coefficient (Wildman–Crippen LogP) is 1.89. The minimum absolute atomic E-state index is 0.0573. The van der Waals surface area contributed by atoms with Crippen LogP contribution in [0, 0.1) is 18.6 Å². The van der Waals surface area contributed by atoms with E-state index in [-0.39, 0.29) is 35.5 Å². The standard InChI is InChI=1S/C14H14F2N4O3S/c1-8-19-20-14(23-8)24-7-13(22)17-5-4-12(21)18-11-6-9(15)2-3-10(11)16/h2-3,6H,4-5,7H2,1H3,(H,17,22)(H,18,21). The zero-order valence-corrected chi connectivity index (χ0v) is 13.5. The summed E-state index contributed by atoms with van der Waals surface area (Å²) in [6.07, 6.45) is -0.0774. The van der Waals surface area contributed by atoms with E-state index in [2.05, 4.69) is 20.8 Å². The largest absolute Gasteiger partial charge is 0.416 e. The maximum atomic E-state index is 13.4. The van der Waals surface area contributed by atoms with Crippen molar-refractivity contribution in [3.63, 3.8) is 0 Å². The Hall–Kier alpha value is -2.49. The van der Waals surface area contributed by atoms with Crippen molar-refractivity contribution in [3.8, 4) is 0 Å². The van der Waals surface area contributed by atoms with E-state index in [1.807, 2.05) is 0 Å². The summed E-state index contributed by atoms with van der Waals surface area (Å²) in [6, 6.07) is 2.76. The van der Waals surface area contributed by atoms with E-state index >= 15 is 0 Å². The molecule has 0 spiro atoms. The van der Waals surface area contributed by atoms with Crippen LogP contribution in [0.2, 0.25) is 0 Å². The molecule has 1 aromatic carbocycles. The van der Waals surface area contributed by atoms with Crippen molar-refractivity contribution in [1.29, 1.82) is 0 Å². The zero-order chi connectivity index (χ0) is 17.5. The minimum Gasteiger partial charge on any atom is -0.416 e. The van der Waals surface area contributed by atoms with Crippen LogP contribution in [0.1, 0.15) is 12.3 Å². The number of anilines is 1. The molecule has 1 heterocycles. The number of aryl methyl sites for hydroxylation is 1. The molecule has 2 aromatic rings. The number of nitrogens with one attached hydrogen (secondary N) is 2. The molecule has 10 heteroatoms. The first-order chi connectivity index (χ1) is 11.4. The molecule has 2 N–H and O–H groups in total. The van der Waals surface area contributed by atoms with Crippen molar-refractivity contribution in [2.24, 2.45) is 0 Å². The monoisotopic (exact) mass is 356 g/mol. The SMILES string of the molecule is Cc1nnc(SCC(=O)NCCC(=O)Nc2cc(F)ccc2F)o1. The molecule has 2 amide bonds. The molecule has 0 saturated carbocycles. The average molecular weight is 356 g/mol. The van der Waals surface area contributed by atoms with Gasteiger partial charge in [-0.1, -0.05) is 11.8 Å². The Bertz CT molecular complexity index is 739. The highest BCUT2D eigenvalue weighted by Gasteiger charge is 2.10. The maximum Gasteiger partial charge on any atom is 0.277 e. The second-order valence-corrected chi connectivity index (χ2v) is 5.57. The molecular weight excluding hydrogens is 342 g/mol. The van der Waals surface area contributed by atoms with Crippen molar-refractivity contribution < 1.29 is 22.8 Å². The van der Waals surface area contributed by atoms with Gasteiger partial charge in [0, 0.05) is 26.0 Å². The number of carbonyl (C=O) groups excluding carboxylic acids is 2. The van der Waals surface area contributed by atoms with Gasteiger partial charge in [0.1, 0.15) is 11.6 Å². The second-order valence-electron chi connectivity index (χ2n) is 4.65. The van der Waals surface area contributed by atoms with Crippen LogP contribution in [0.25, 0.3) is 0 Å². The number of carbonyl (C=O) groups is 2. The first-order valence-corrected chi connectivity index (χ1v) is 7.87. The highest BCUT2D eigenvalue weighted by molar-refractivity contribution is 7.99. The van der Waals surface area contributed by atoms with E-state index in [9.17, 15) is 18.4 Å². The van der Waals surface area contributed by atoms with Crippen LogP contribution in [0.15, 0.2) is 27.8 Å². The molecule has 0 fully saturated rings. The van der Waals surface area contributed by atoms with Crippen LogP contribution in [0.5, 0.6) is 0 Å². The molecule has 0 atom stereocenters. The van der Waals surface area contributed by atoms with Crippen molar-refractivity contribution in [3.05, 3.63) is 35.7 Å². The number of aromatic nitrogens is 2. The van der Waals surface area contributed by atoms with Gasteiger partial charge in [-0.05, 0) is 12.1 Å². The molecular formula is C14H14F2N4O3S. The lowest BCUT2D eigenvalue weighted by Crippen LogP contribution is -2.29. The third kappa shape index (κ3) is 5.61. The molecule has 0 aliphatic heterocycles. The van der Waals surface area contributed by atoms with E-state index in [4.69, 9.17) is 4.42 Å². The van der Waals surface area contributed by atoms with Crippen molar-refractivity contribution >= 4 is 29.3 Å². The van der Waals surface area contributed by atoms with Crippen LogP contribution in [-0.2, 0) is 9.59 Å². The summed E-state index contributed by atoms with van der Waals surface area (Å²) in [5.41, 5.74) is -0.242. The minimum atomic E-state index is -0.736. The predicted molar refractivity (Wildman–Crippen MR) is 82.4 cm³/mol. The summed E-state index contributed by atoms with van der Waals surface area (Å²) in [5.74, 6) is -1.80. The van der Waals surface area contributed by atoms with Gasteiger partial charge in [0.25, 0.3) is 5.22 Å². The molecule has 0 bridgehead atoms. The van der Waals surface area contributed by atoms with E-state index in [0.717, 1.165) is 30.0 Å². The van der Waals surface area contributed by atoms with Gasteiger partial charge in [0.15, 0.2) is 0 Å². The van der Waals surface area contributed by atoms with Gasteiger partial charge in [0.05, 0.1) is 11.4 Å². The molecule has 1 aromatic heterocycles. The Balaban J connectivity index is 1.68. The van der Waals surface area contributed by atoms with Crippen LogP contribution in [0.3, 0.4) is 0 Å². The molecule has 0 aliphatic rings. The molecule has 0 unspecified atom stereocenters. The van der Waals surface area contributed by atoms with E-state index in [1.165, 1.54) is 0 Å². The van der Waals surface area contributed by atoms with E-state index < -0.39 is 17.5 Å². The fraction of sp³-hybridized carbons (Fsp3) is 0.286. The average Bonchev–Trinajstić information content (AvgIpc) is 2.94. The molecule has 0 aliphatic carbocycles. The fourth-order valence-electron chi connectivity index (χ4n) is 1.64. The maximum absolute atomic E-state index is 13.4. The molecule has 128 valence electrons. The lowest BCUT2D eigenvalue weighted by Gasteiger charge is -2.07. The van der Waals surface area contributed by atoms with Gasteiger partial charge in [0.2, 0.25) is 17.7 Å². The molecule has 24 heavy (non-hydrogen) atoms. The zero-order valence-electron chi connectivity index (χ0n) is 12.6. The summed E-state index contributed by atoms with van der Waals surface area (Å²) in [5, 5.41) is 12.4. The Morgan fingerprint density at radius 3 is 2.75 bits per heavy atom. The van der Waals surface area contributed by atoms with E-state index in [1.54, 1.807) is 6.92 Å². The number of hydrogen-bond donors (Lipinski definition) is 2. The third-order valence-corrected chi connectivity index (χ3v) is 3.53. The highest BCUT2D eigenvalue weighted by Crippen LogP contribution is 2.16. The van der Waals surface area contributed by atoms with Gasteiger partial charge >= 0.3 is 0 Å². The molecule has 0 saturated heterocycles. The first kappa shape index (κ1) is 17.9. The Kier molecular flexibility index (Phi) is 6.24. The Morgan fingerprint density at radius 1 is 1.25 bits per heavy atom. The first-order valence-electron chi connectivity index (χ1n) is 6.88. The number of halogens is 2. The lowest BCUT2D eigenvalue weighted by atomic mass is 10.3. The number of rotatable bonds is 7. The topological polar surface area (TPSA) is 97.1 Å². The summed E-state index contributed by atoms with van der Waals surface area (Å²) < 4.78 is 31.5. The summed E-state index contributed by atoms with van der Waals surface area (Å²) in [7, 11) is 0. The van der Waals surface area contributed by atoms with E-state index in [0.29, 0.717) is 5.89 Å². The van der Waals surface area contributed by atoms with Gasteiger partial charge in [-0.2, -0.15) is 0 Å². The van der Waals surface area contributed by atoms with Crippen molar-refractivity contribution in [1.82, 2.24) is 15.5 Å². The Labute approximate surface area is 140 Å². The van der Waals surface area contributed by atoms with Crippen LogP contribution in [-0.4, -0.2) is 34.3 Å². The number of hydrogen-bond acceptors (Lipinski definition) is 6. The summed E-state index contributed by atoms with van der Waals surface area (Å²) in [6.45, 7) is 1.70. The number of benzene rings is 1. The number of amides is 2. The van der Waals surface area contributed by atoms with Gasteiger partial charge in [-0.25, -0.2) is 8.78 Å².